The lowest BCUT2D eigenvalue weighted by Crippen LogP contribution is -2.07. The van der Waals surface area contributed by atoms with Crippen molar-refractivity contribution in [3.8, 4) is 5.75 Å². The summed E-state index contributed by atoms with van der Waals surface area (Å²) < 4.78 is 10.2. The Hall–Kier alpha value is -2.30. The first-order valence-corrected chi connectivity index (χ1v) is 6.02. The molecule has 0 saturated carbocycles. The third-order valence-electron chi connectivity index (χ3n) is 2.81. The van der Waals surface area contributed by atoms with Crippen LogP contribution in [-0.4, -0.2) is 31.7 Å². The van der Waals surface area contributed by atoms with Gasteiger partial charge in [-0.15, -0.1) is 0 Å². The van der Waals surface area contributed by atoms with Gasteiger partial charge in [0, 0.05) is 18.6 Å². The van der Waals surface area contributed by atoms with Crippen LogP contribution < -0.4 is 10.1 Å². The summed E-state index contributed by atoms with van der Waals surface area (Å²) in [7, 11) is 3.11. The number of ether oxygens (including phenoxy) is 2. The number of nitrogens with one attached hydrogen (secondary N) is 1. The fourth-order valence-electron chi connectivity index (χ4n) is 1.96. The van der Waals surface area contributed by atoms with Crippen LogP contribution in [-0.2, 0) is 4.74 Å². The van der Waals surface area contributed by atoms with Gasteiger partial charge >= 0.3 is 5.97 Å². The van der Waals surface area contributed by atoms with Gasteiger partial charge in [-0.05, 0) is 25.1 Å². The van der Waals surface area contributed by atoms with Crippen LogP contribution in [0, 0.1) is 0 Å². The zero-order chi connectivity index (χ0) is 13.8. The van der Waals surface area contributed by atoms with Crippen molar-refractivity contribution in [1.29, 1.82) is 0 Å². The SMILES string of the molecule is CCOc1ccc2ncc(C(=O)OC)c(NC)c2c1. The lowest BCUT2D eigenvalue weighted by Gasteiger charge is -2.11. The fourth-order valence-corrected chi connectivity index (χ4v) is 1.96. The average Bonchev–Trinajstić information content (AvgIpc) is 2.45. The van der Waals surface area contributed by atoms with Crippen molar-refractivity contribution in [2.24, 2.45) is 0 Å². The van der Waals surface area contributed by atoms with Gasteiger partial charge in [-0.2, -0.15) is 0 Å². The van der Waals surface area contributed by atoms with E-state index >= 15 is 0 Å². The van der Waals surface area contributed by atoms with Gasteiger partial charge in [0.25, 0.3) is 0 Å². The zero-order valence-corrected chi connectivity index (χ0v) is 11.2. The molecule has 1 aromatic heterocycles. The van der Waals surface area contributed by atoms with Crippen LogP contribution in [0.5, 0.6) is 5.75 Å². The highest BCUT2D eigenvalue weighted by Gasteiger charge is 2.15. The van der Waals surface area contributed by atoms with Crippen LogP contribution in [0.1, 0.15) is 17.3 Å². The van der Waals surface area contributed by atoms with Crippen molar-refractivity contribution in [2.45, 2.75) is 6.92 Å². The molecule has 0 amide bonds. The van der Waals surface area contributed by atoms with E-state index in [0.717, 1.165) is 16.7 Å². The average molecular weight is 260 g/mol. The number of fused-ring (bicyclic) bond motifs is 1. The highest BCUT2D eigenvalue weighted by Crippen LogP contribution is 2.29. The number of nitrogens with zero attached hydrogens (tertiary/aromatic N) is 1. The number of esters is 1. The number of carbonyl (C=O) groups excluding carboxylic acids is 1. The Morgan fingerprint density at radius 3 is 2.84 bits per heavy atom. The Morgan fingerprint density at radius 1 is 1.42 bits per heavy atom. The highest BCUT2D eigenvalue weighted by atomic mass is 16.5. The molecule has 0 spiro atoms. The van der Waals surface area contributed by atoms with E-state index in [-0.39, 0.29) is 0 Å². The Labute approximate surface area is 111 Å². The minimum atomic E-state index is -0.416. The summed E-state index contributed by atoms with van der Waals surface area (Å²) in [6, 6.07) is 5.59. The molecule has 19 heavy (non-hydrogen) atoms. The number of rotatable bonds is 4. The summed E-state index contributed by atoms with van der Waals surface area (Å²) in [5, 5.41) is 3.86. The number of methoxy groups -OCH3 is 1. The van der Waals surface area contributed by atoms with E-state index in [0.29, 0.717) is 17.9 Å². The largest absolute Gasteiger partial charge is 0.494 e. The Bertz CT molecular complexity index is 611. The summed E-state index contributed by atoms with van der Waals surface area (Å²) in [5.41, 5.74) is 1.89. The molecule has 0 aliphatic carbocycles. The second kappa shape index (κ2) is 5.56. The predicted molar refractivity (Wildman–Crippen MR) is 73.8 cm³/mol. The maximum Gasteiger partial charge on any atom is 0.341 e. The number of anilines is 1. The van der Waals surface area contributed by atoms with E-state index in [2.05, 4.69) is 10.3 Å². The third kappa shape index (κ3) is 2.45. The minimum Gasteiger partial charge on any atom is -0.494 e. The maximum atomic E-state index is 11.7. The first kappa shape index (κ1) is 13.1. The molecule has 0 bridgehead atoms. The van der Waals surface area contributed by atoms with Crippen molar-refractivity contribution in [1.82, 2.24) is 4.98 Å². The van der Waals surface area contributed by atoms with Crippen molar-refractivity contribution in [3.63, 3.8) is 0 Å². The second-order valence-corrected chi connectivity index (χ2v) is 3.90. The van der Waals surface area contributed by atoms with E-state index in [1.165, 1.54) is 13.3 Å². The highest BCUT2D eigenvalue weighted by molar-refractivity contribution is 6.05. The number of carbonyl (C=O) groups is 1. The van der Waals surface area contributed by atoms with E-state index in [1.54, 1.807) is 7.05 Å². The quantitative estimate of drug-likeness (QED) is 0.856. The molecule has 1 aromatic carbocycles. The predicted octanol–water partition coefficient (Wildman–Crippen LogP) is 2.46. The molecule has 0 aliphatic rings. The number of hydrogen-bond acceptors (Lipinski definition) is 5. The Morgan fingerprint density at radius 2 is 2.21 bits per heavy atom. The Kier molecular flexibility index (Phi) is 3.85. The number of hydrogen-bond donors (Lipinski definition) is 1. The van der Waals surface area contributed by atoms with Gasteiger partial charge in [-0.3, -0.25) is 4.98 Å². The topological polar surface area (TPSA) is 60.5 Å². The molecule has 2 aromatic rings. The molecule has 0 atom stereocenters. The van der Waals surface area contributed by atoms with Crippen LogP contribution in [0.25, 0.3) is 10.9 Å². The smallest absolute Gasteiger partial charge is 0.341 e. The first-order chi connectivity index (χ1) is 9.21. The van der Waals surface area contributed by atoms with E-state index in [9.17, 15) is 4.79 Å². The molecule has 0 aliphatic heterocycles. The van der Waals surface area contributed by atoms with Crippen molar-refractivity contribution < 1.29 is 14.3 Å². The Balaban J connectivity index is 2.65. The molecule has 0 saturated heterocycles. The van der Waals surface area contributed by atoms with Gasteiger partial charge in [-0.1, -0.05) is 0 Å². The zero-order valence-electron chi connectivity index (χ0n) is 11.2. The first-order valence-electron chi connectivity index (χ1n) is 6.02. The second-order valence-electron chi connectivity index (χ2n) is 3.90. The van der Waals surface area contributed by atoms with Gasteiger partial charge in [-0.25, -0.2) is 4.79 Å². The van der Waals surface area contributed by atoms with Crippen molar-refractivity contribution >= 4 is 22.6 Å². The molecule has 1 heterocycles. The minimum absolute atomic E-state index is 0.408. The van der Waals surface area contributed by atoms with E-state index < -0.39 is 5.97 Å². The molecule has 1 N–H and O–H groups in total. The summed E-state index contributed by atoms with van der Waals surface area (Å²) in [6.07, 6.45) is 1.51. The summed E-state index contributed by atoms with van der Waals surface area (Å²) >= 11 is 0. The molecular formula is C14H16N2O3. The monoisotopic (exact) mass is 260 g/mol. The van der Waals surface area contributed by atoms with E-state index in [4.69, 9.17) is 9.47 Å². The van der Waals surface area contributed by atoms with Crippen molar-refractivity contribution in [2.75, 3.05) is 26.1 Å². The molecule has 100 valence electrons. The molecule has 0 fully saturated rings. The maximum absolute atomic E-state index is 11.7. The van der Waals surface area contributed by atoms with Crippen molar-refractivity contribution in [3.05, 3.63) is 30.0 Å². The number of pyridine rings is 1. The van der Waals surface area contributed by atoms with Gasteiger partial charge in [0.2, 0.25) is 0 Å². The summed E-state index contributed by atoms with van der Waals surface area (Å²) in [4.78, 5) is 16.0. The summed E-state index contributed by atoms with van der Waals surface area (Å²) in [5.74, 6) is 0.330. The number of aromatic nitrogens is 1. The van der Waals surface area contributed by atoms with Crippen LogP contribution in [0.2, 0.25) is 0 Å². The molecule has 2 rings (SSSR count). The van der Waals surface area contributed by atoms with E-state index in [1.807, 2.05) is 25.1 Å². The van der Waals surface area contributed by atoms with Crippen LogP contribution >= 0.6 is 0 Å². The van der Waals surface area contributed by atoms with Crippen LogP contribution in [0.4, 0.5) is 5.69 Å². The molecule has 5 nitrogen and oxygen atoms in total. The van der Waals surface area contributed by atoms with Crippen LogP contribution in [0.15, 0.2) is 24.4 Å². The summed E-state index contributed by atoms with van der Waals surface area (Å²) in [6.45, 7) is 2.51. The van der Waals surface area contributed by atoms with Gasteiger partial charge < -0.3 is 14.8 Å². The lowest BCUT2D eigenvalue weighted by atomic mass is 10.1. The third-order valence-corrected chi connectivity index (χ3v) is 2.81. The van der Waals surface area contributed by atoms with Crippen LogP contribution in [0.3, 0.4) is 0 Å². The van der Waals surface area contributed by atoms with Gasteiger partial charge in [0.05, 0.1) is 24.9 Å². The fraction of sp³-hybridized carbons (Fsp3) is 0.286. The number of benzene rings is 1. The molecule has 0 unspecified atom stereocenters. The molecule has 5 heteroatoms. The van der Waals surface area contributed by atoms with Gasteiger partial charge in [0.15, 0.2) is 0 Å². The normalized spacial score (nSPS) is 10.3. The lowest BCUT2D eigenvalue weighted by molar-refractivity contribution is 0.0601. The van der Waals surface area contributed by atoms with Gasteiger partial charge in [0.1, 0.15) is 11.3 Å². The standard InChI is InChI=1S/C14H16N2O3/c1-4-19-9-5-6-12-10(7-9)13(15-2)11(8-16-12)14(17)18-3/h5-8H,4H2,1-3H3,(H,15,16). The molecular weight excluding hydrogens is 244 g/mol. The molecule has 0 radical (unpaired) electrons.